The highest BCUT2D eigenvalue weighted by atomic mass is 32.2. The molecule has 0 aliphatic rings. The third kappa shape index (κ3) is 4.92. The molecular formula is C19H19N3O6S. The summed E-state index contributed by atoms with van der Waals surface area (Å²) in [4.78, 5) is 24.3. The molecule has 3 aromatic rings. The molecule has 0 spiro atoms. The molecule has 152 valence electrons. The second kappa shape index (κ2) is 8.33. The van der Waals surface area contributed by atoms with E-state index in [0.717, 1.165) is 0 Å². The highest BCUT2D eigenvalue weighted by Crippen LogP contribution is 2.14. The number of furan rings is 2. The van der Waals surface area contributed by atoms with E-state index in [1.165, 1.54) is 30.5 Å². The molecule has 0 radical (unpaired) electrons. The fourth-order valence-corrected chi connectivity index (χ4v) is 3.55. The minimum absolute atomic E-state index is 0.00543. The Morgan fingerprint density at radius 1 is 1.00 bits per heavy atom. The van der Waals surface area contributed by atoms with E-state index in [1.807, 2.05) is 0 Å². The van der Waals surface area contributed by atoms with Crippen LogP contribution in [0.4, 0.5) is 0 Å². The van der Waals surface area contributed by atoms with Crippen LogP contribution >= 0.6 is 0 Å². The first kappa shape index (κ1) is 20.4. The molecule has 0 atom stereocenters. The summed E-state index contributed by atoms with van der Waals surface area (Å²) in [6.45, 7) is 3.36. The van der Waals surface area contributed by atoms with Crippen LogP contribution in [0.1, 0.15) is 38.0 Å². The summed E-state index contributed by atoms with van der Waals surface area (Å²) >= 11 is 0. The standard InChI is InChI=1S/C19H19N3O6S/c1-12-10-17(13(2)28-12)19(24)22-21-18(23)14-5-7-16(8-6-14)29(25,26)20-11-15-4-3-9-27-15/h3-10,20H,11H2,1-2H3,(H,21,23)(H,22,24). The first-order chi connectivity index (χ1) is 13.8. The summed E-state index contributed by atoms with van der Waals surface area (Å²) in [5, 5.41) is 0. The van der Waals surface area contributed by atoms with E-state index < -0.39 is 21.8 Å². The van der Waals surface area contributed by atoms with Crippen molar-refractivity contribution in [1.29, 1.82) is 0 Å². The molecule has 10 heteroatoms. The molecule has 0 aliphatic carbocycles. The highest BCUT2D eigenvalue weighted by Gasteiger charge is 2.17. The molecule has 0 bridgehead atoms. The number of amides is 2. The number of carbonyl (C=O) groups excluding carboxylic acids is 2. The van der Waals surface area contributed by atoms with Crippen LogP contribution in [-0.4, -0.2) is 20.2 Å². The molecule has 2 heterocycles. The lowest BCUT2D eigenvalue weighted by atomic mass is 10.2. The lowest BCUT2D eigenvalue weighted by Gasteiger charge is -2.08. The minimum Gasteiger partial charge on any atom is -0.468 e. The van der Waals surface area contributed by atoms with E-state index in [-0.39, 0.29) is 17.0 Å². The maximum atomic E-state index is 12.3. The summed E-state index contributed by atoms with van der Waals surface area (Å²) in [7, 11) is -3.76. The predicted molar refractivity (Wildman–Crippen MR) is 102 cm³/mol. The van der Waals surface area contributed by atoms with Crippen molar-refractivity contribution in [2.75, 3.05) is 0 Å². The molecule has 1 aromatic carbocycles. The molecular weight excluding hydrogens is 398 g/mol. The van der Waals surface area contributed by atoms with Crippen LogP contribution in [0, 0.1) is 13.8 Å². The largest absolute Gasteiger partial charge is 0.468 e. The van der Waals surface area contributed by atoms with Crippen molar-refractivity contribution in [2.45, 2.75) is 25.3 Å². The predicted octanol–water partition coefficient (Wildman–Crippen LogP) is 2.04. The van der Waals surface area contributed by atoms with Crippen LogP contribution in [0.15, 0.2) is 62.5 Å². The van der Waals surface area contributed by atoms with Crippen molar-refractivity contribution in [2.24, 2.45) is 0 Å². The summed E-state index contributed by atoms with van der Waals surface area (Å²) < 4.78 is 37.3. The van der Waals surface area contributed by atoms with Crippen LogP contribution < -0.4 is 15.6 Å². The Morgan fingerprint density at radius 3 is 2.28 bits per heavy atom. The normalized spacial score (nSPS) is 11.2. The van der Waals surface area contributed by atoms with Gasteiger partial charge >= 0.3 is 0 Å². The monoisotopic (exact) mass is 417 g/mol. The average molecular weight is 417 g/mol. The van der Waals surface area contributed by atoms with Crippen LogP contribution in [0.3, 0.4) is 0 Å². The zero-order chi connectivity index (χ0) is 21.0. The fraction of sp³-hybridized carbons (Fsp3) is 0.158. The highest BCUT2D eigenvalue weighted by molar-refractivity contribution is 7.89. The number of benzene rings is 1. The summed E-state index contributed by atoms with van der Waals surface area (Å²) in [5.41, 5.74) is 5.06. The molecule has 0 fully saturated rings. The zero-order valence-electron chi connectivity index (χ0n) is 15.7. The second-order valence-electron chi connectivity index (χ2n) is 6.16. The Morgan fingerprint density at radius 2 is 1.69 bits per heavy atom. The van der Waals surface area contributed by atoms with Gasteiger partial charge < -0.3 is 8.83 Å². The van der Waals surface area contributed by atoms with Gasteiger partial charge in [-0.3, -0.25) is 20.4 Å². The lowest BCUT2D eigenvalue weighted by Crippen LogP contribution is -2.41. The van der Waals surface area contributed by atoms with Crippen molar-refractivity contribution in [3.8, 4) is 0 Å². The molecule has 0 saturated carbocycles. The average Bonchev–Trinajstić information content (AvgIpc) is 3.33. The van der Waals surface area contributed by atoms with E-state index in [0.29, 0.717) is 22.8 Å². The van der Waals surface area contributed by atoms with Crippen LogP contribution in [0.5, 0.6) is 0 Å². The Bertz CT molecular complexity index is 1120. The Balaban J connectivity index is 1.59. The van der Waals surface area contributed by atoms with Gasteiger partial charge in [0.15, 0.2) is 0 Å². The SMILES string of the molecule is Cc1cc(C(=O)NNC(=O)c2ccc(S(=O)(=O)NCc3ccco3)cc2)c(C)o1. The first-order valence-corrected chi connectivity index (χ1v) is 10.0. The van der Waals surface area contributed by atoms with Crippen molar-refractivity contribution >= 4 is 21.8 Å². The molecule has 2 aromatic heterocycles. The Labute approximate surface area is 167 Å². The lowest BCUT2D eigenvalue weighted by molar-refractivity contribution is 0.0845. The number of carbonyl (C=O) groups is 2. The van der Waals surface area contributed by atoms with Gasteiger partial charge in [-0.05, 0) is 56.3 Å². The maximum absolute atomic E-state index is 12.3. The Hall–Kier alpha value is -3.37. The van der Waals surface area contributed by atoms with Crippen molar-refractivity contribution in [3.63, 3.8) is 0 Å². The van der Waals surface area contributed by atoms with Gasteiger partial charge in [-0.25, -0.2) is 13.1 Å². The van der Waals surface area contributed by atoms with Crippen molar-refractivity contribution < 1.29 is 26.8 Å². The fourth-order valence-electron chi connectivity index (χ4n) is 2.56. The van der Waals surface area contributed by atoms with E-state index in [2.05, 4.69) is 15.6 Å². The minimum atomic E-state index is -3.76. The Kier molecular flexibility index (Phi) is 5.85. The third-order valence-electron chi connectivity index (χ3n) is 4.02. The number of aryl methyl sites for hydroxylation is 2. The quantitative estimate of drug-likeness (QED) is 0.526. The molecule has 3 N–H and O–H groups in total. The van der Waals surface area contributed by atoms with Crippen molar-refractivity contribution in [1.82, 2.24) is 15.6 Å². The number of hydrogen-bond donors (Lipinski definition) is 3. The number of rotatable bonds is 6. The zero-order valence-corrected chi connectivity index (χ0v) is 16.5. The number of hydrogen-bond acceptors (Lipinski definition) is 6. The molecule has 9 nitrogen and oxygen atoms in total. The van der Waals surface area contributed by atoms with Gasteiger partial charge in [-0.1, -0.05) is 0 Å². The van der Waals surface area contributed by atoms with Crippen LogP contribution in [0.2, 0.25) is 0 Å². The number of sulfonamides is 1. The molecule has 29 heavy (non-hydrogen) atoms. The van der Waals surface area contributed by atoms with Gasteiger partial charge in [-0.2, -0.15) is 0 Å². The molecule has 0 aliphatic heterocycles. The smallest absolute Gasteiger partial charge is 0.273 e. The van der Waals surface area contributed by atoms with Crippen molar-refractivity contribution in [3.05, 3.63) is 77.1 Å². The van der Waals surface area contributed by atoms with Gasteiger partial charge in [-0.15, -0.1) is 0 Å². The van der Waals surface area contributed by atoms with Gasteiger partial charge in [0.2, 0.25) is 10.0 Å². The van der Waals surface area contributed by atoms with Gasteiger partial charge in [0, 0.05) is 5.56 Å². The number of nitrogens with one attached hydrogen (secondary N) is 3. The summed E-state index contributed by atoms with van der Waals surface area (Å²) in [6.07, 6.45) is 1.45. The van der Waals surface area contributed by atoms with E-state index in [4.69, 9.17) is 8.83 Å². The maximum Gasteiger partial charge on any atom is 0.273 e. The molecule has 2 amide bonds. The first-order valence-electron chi connectivity index (χ1n) is 8.56. The van der Waals surface area contributed by atoms with E-state index in [9.17, 15) is 18.0 Å². The van der Waals surface area contributed by atoms with E-state index >= 15 is 0 Å². The molecule has 0 unspecified atom stereocenters. The van der Waals surface area contributed by atoms with Gasteiger partial charge in [0.1, 0.15) is 17.3 Å². The van der Waals surface area contributed by atoms with Gasteiger partial charge in [0.25, 0.3) is 11.8 Å². The third-order valence-corrected chi connectivity index (χ3v) is 5.44. The molecule has 3 rings (SSSR count). The number of hydrazine groups is 1. The van der Waals surface area contributed by atoms with Gasteiger partial charge in [0.05, 0.1) is 23.3 Å². The van der Waals surface area contributed by atoms with Crippen LogP contribution in [0.25, 0.3) is 0 Å². The molecule has 0 saturated heterocycles. The summed E-state index contributed by atoms with van der Waals surface area (Å²) in [6, 6.07) is 10.1. The topological polar surface area (TPSA) is 131 Å². The summed E-state index contributed by atoms with van der Waals surface area (Å²) in [5.74, 6) is 0.378. The van der Waals surface area contributed by atoms with Crippen LogP contribution in [-0.2, 0) is 16.6 Å². The second-order valence-corrected chi connectivity index (χ2v) is 7.93. The van der Waals surface area contributed by atoms with E-state index in [1.54, 1.807) is 32.0 Å².